The third-order valence-electron chi connectivity index (χ3n) is 13.7. The van der Waals surface area contributed by atoms with Crippen LogP contribution in [0, 0.1) is 27.7 Å². The van der Waals surface area contributed by atoms with Gasteiger partial charge in [0.15, 0.2) is 6.29 Å². The summed E-state index contributed by atoms with van der Waals surface area (Å²) in [5.74, 6) is 0. The summed E-state index contributed by atoms with van der Waals surface area (Å²) in [6.45, 7) is 0. The van der Waals surface area contributed by atoms with Crippen molar-refractivity contribution in [3.8, 4) is 0 Å². The third kappa shape index (κ3) is 22.5. The van der Waals surface area contributed by atoms with Gasteiger partial charge in [-0.05, 0) is 53.1 Å². The predicted octanol–water partition coefficient (Wildman–Crippen LogP) is 9.84. The Balaban J connectivity index is 0.000000256. The first-order chi connectivity index (χ1) is 45.4. The van der Waals surface area contributed by atoms with Crippen molar-refractivity contribution >= 4 is 133 Å². The number of hydrogen-bond acceptors (Lipinski definition) is 20. The zero-order valence-corrected chi connectivity index (χ0v) is 58.4. The van der Waals surface area contributed by atoms with E-state index in [1.165, 1.54) is 36.9 Å². The number of nitrogens with one attached hydrogen (secondary N) is 4. The number of halogens is 2. The molecule has 9 N–H and O–H groups in total. The second kappa shape index (κ2) is 37.1. The Morgan fingerprint density at radius 1 is 0.561 bits per heavy atom. The summed E-state index contributed by atoms with van der Waals surface area (Å²) in [6, 6.07) is 56.2. The normalized spacial score (nSPS) is 13.4. The van der Waals surface area contributed by atoms with E-state index in [9.17, 15) is 68.9 Å². The quantitative estimate of drug-likeness (QED) is 0.00872. The maximum absolute atomic E-state index is 12.6. The zero-order valence-electron chi connectivity index (χ0n) is 52.1. The summed E-state index contributed by atoms with van der Waals surface area (Å²) < 4.78 is 99.7. The number of benzene rings is 7. The fourth-order valence-corrected chi connectivity index (χ4v) is 10.2. The summed E-state index contributed by atoms with van der Waals surface area (Å²) in [5.41, 5.74) is 13.0. The molecule has 3 unspecified atom stereocenters. The van der Waals surface area contributed by atoms with Crippen molar-refractivity contribution in [2.24, 2.45) is 0 Å². The van der Waals surface area contributed by atoms with E-state index in [4.69, 9.17) is 10.3 Å². The van der Waals surface area contributed by atoms with Gasteiger partial charge in [0.05, 0.1) is 49.4 Å². The molecular formula is C63H63Cl2N12O16PdS4-. The molecule has 0 bridgehead atoms. The van der Waals surface area contributed by atoms with Crippen LogP contribution in [0.2, 0.25) is 0 Å². The largest absolute Gasteiger partial charge is 0.397 e. The molecule has 1 aliphatic rings. The minimum Gasteiger partial charge on any atom is -0.397 e. The molecule has 98 heavy (non-hydrogen) atoms. The number of aldehydes is 1. The van der Waals surface area contributed by atoms with Gasteiger partial charge < -0.3 is 23.4 Å². The van der Waals surface area contributed by atoms with Crippen molar-refractivity contribution in [3.63, 3.8) is 0 Å². The van der Waals surface area contributed by atoms with Crippen molar-refractivity contribution in [2.45, 2.75) is 18.2 Å². The maximum Gasteiger partial charge on any atom is 0.333 e. The van der Waals surface area contributed by atoms with Gasteiger partial charge >= 0.3 is 31.9 Å². The number of nitro groups is 2. The molecule has 0 aliphatic carbocycles. The smallest absolute Gasteiger partial charge is 0.333 e. The topological polar surface area (TPSA) is 430 Å². The molecule has 11 aromatic rings. The minimum atomic E-state index is -3.91. The van der Waals surface area contributed by atoms with Crippen molar-refractivity contribution in [3.05, 3.63) is 279 Å². The number of fused-ring (bicyclic) bond motifs is 6. The van der Waals surface area contributed by atoms with E-state index in [-0.39, 0.29) is 67.4 Å². The molecule has 7 aromatic carbocycles. The Morgan fingerprint density at radius 2 is 0.918 bits per heavy atom. The molecule has 520 valence electrons. The summed E-state index contributed by atoms with van der Waals surface area (Å²) in [4.78, 5) is 48.4. The maximum atomic E-state index is 12.6. The monoisotopic (exact) mass is 1550 g/mol. The van der Waals surface area contributed by atoms with Gasteiger partial charge in [0, 0.05) is 127 Å². The van der Waals surface area contributed by atoms with E-state index in [0.29, 0.717) is 45.1 Å². The molecule has 5 heterocycles. The van der Waals surface area contributed by atoms with E-state index >= 15 is 0 Å². The molecular weight excluding hydrogens is 1490 g/mol. The van der Waals surface area contributed by atoms with E-state index in [1.807, 2.05) is 125 Å². The average molecular weight is 1550 g/mol. The van der Waals surface area contributed by atoms with Gasteiger partial charge in [-0.15, -0.1) is 0 Å². The van der Waals surface area contributed by atoms with Crippen molar-refractivity contribution in [1.82, 2.24) is 38.4 Å². The van der Waals surface area contributed by atoms with Crippen LogP contribution in [0.3, 0.4) is 0 Å². The Bertz CT molecular complexity index is 4940. The van der Waals surface area contributed by atoms with Crippen LogP contribution in [0.1, 0.15) is 62.0 Å². The molecule has 0 saturated carbocycles. The number of carbonyl (C=O) groups is 1. The first-order valence-electron chi connectivity index (χ1n) is 27.6. The number of aliphatic hydroxyl groups excluding tert-OH is 2. The summed E-state index contributed by atoms with van der Waals surface area (Å²) in [7, 11) is -0.0685. The van der Waals surface area contributed by atoms with Gasteiger partial charge in [0.2, 0.25) is 0 Å². The summed E-state index contributed by atoms with van der Waals surface area (Å²) in [5, 5.41) is 46.3. The zero-order chi connectivity index (χ0) is 70.5. The van der Waals surface area contributed by atoms with Crippen LogP contribution in [-0.2, 0) is 59.4 Å². The molecule has 3 atom stereocenters. The van der Waals surface area contributed by atoms with Crippen molar-refractivity contribution in [2.75, 3.05) is 38.6 Å². The Kier molecular flexibility index (Phi) is 30.8. The van der Waals surface area contributed by atoms with Gasteiger partial charge in [0.1, 0.15) is 23.2 Å². The van der Waals surface area contributed by atoms with Gasteiger partial charge in [-0.25, -0.2) is 19.4 Å². The second-order valence-electron chi connectivity index (χ2n) is 19.6. The number of anilines is 2. The molecule has 0 fully saturated rings. The molecule has 1 aliphatic heterocycles. The number of aliphatic hydroxyl groups is 2. The number of nitro benzene ring substituents is 2. The Hall–Kier alpha value is -8.99. The molecule has 0 radical (unpaired) electrons. The number of nitrogens with two attached hydrogens (primary N) is 1. The van der Waals surface area contributed by atoms with Crippen LogP contribution in [-0.4, -0.2) is 117 Å². The van der Waals surface area contributed by atoms with Crippen LogP contribution in [0.4, 0.5) is 22.7 Å². The predicted molar refractivity (Wildman–Crippen MR) is 374 cm³/mol. The van der Waals surface area contributed by atoms with E-state index in [1.54, 1.807) is 90.9 Å². The number of pyridine rings is 4. The molecule has 0 amide bonds. The van der Waals surface area contributed by atoms with Crippen LogP contribution >= 0.6 is 21.4 Å². The fraction of sp³-hybridized carbons (Fsp3) is 0.111. The first kappa shape index (κ1) is 81.4. The van der Waals surface area contributed by atoms with Crippen LogP contribution in [0.15, 0.2) is 213 Å². The fourth-order valence-electron chi connectivity index (χ4n) is 9.10. The first-order valence-corrected chi connectivity index (χ1v) is 35.1. The van der Waals surface area contributed by atoms with Crippen LogP contribution < -0.4 is 24.6 Å². The molecule has 0 saturated heterocycles. The number of nitrogen functional groups attached to an aromatic ring is 1. The summed E-state index contributed by atoms with van der Waals surface area (Å²) >= 11 is 0. The van der Waals surface area contributed by atoms with Gasteiger partial charge in [0.25, 0.3) is 18.5 Å². The minimum absolute atomic E-state index is 0. The molecule has 35 heteroatoms. The summed E-state index contributed by atoms with van der Waals surface area (Å²) in [6.07, 6.45) is 5.03. The van der Waals surface area contributed by atoms with Gasteiger partial charge in [-0.2, -0.15) is 42.7 Å². The van der Waals surface area contributed by atoms with Gasteiger partial charge in [-0.3, -0.25) is 44.3 Å². The number of carbonyl (C=O) groups excluding carboxylic acids is 1. The van der Waals surface area contributed by atoms with Crippen LogP contribution in [0.5, 0.6) is 0 Å². The number of aromatic nitrogens is 4. The molecule has 28 nitrogen and oxygen atoms in total. The van der Waals surface area contributed by atoms with E-state index in [2.05, 4.69) is 46.0 Å². The third-order valence-corrected chi connectivity index (χ3v) is 17.5. The average Bonchev–Trinajstić information content (AvgIpc) is 0.729. The Morgan fingerprint density at radius 3 is 1.34 bits per heavy atom. The SMILES string of the molecule is CN1C(c2ccccc2)c2ccc3cccnc3c2NS1(=O)=O.CNS(=O)(=O)Cl.CNS(=O)(=O)Cl.CNS(=O)(=O)O.Nc1c(C(O)c2ccccc2)ccc2cccnc12.O=Cc1ccc2cccnc2c1[N+](=O)[O-].O=[N+]([O-])c1c(C(O)c2ccccc2)ccc2cccnc12.[CH3-].[Pd]. The number of hydrogen-bond donors (Lipinski definition) is 8. The van der Waals surface area contributed by atoms with E-state index in [0.717, 1.165) is 40.0 Å². The second-order valence-corrected chi connectivity index (χ2v) is 27.7. The molecule has 0 spiro atoms. The number of rotatable bonds is 11. The standard InChI is InChI=1S/C17H15N3O2S.C16H12N2O3.C16H14N2O.C10H6N2O3.2CH4ClNO2S.CH5NO3S.CH3.Pd/c1-20-17(13-6-3-2-4-7-13)14-10-9-12-8-5-11-18-15(12)16(14)19-23(20,21)22;19-16(12-5-2-1-3-6-12)13-9-8-11-7-4-10-17-14(11)15(13)18(20)21;17-14-13(16(19)12-5-2-1-3-6-12)9-8-11-7-4-10-18-15(11)14;13-6-8-4-3-7-2-1-5-11-9(7)10(8)12(14)15;2*1-3-6(2,4)5;1-2-6(3,4)5;;/h2-11,17,19H,1H3;1-10,16,19H;1-10,16,19H,17H2;1-6H;2*3H,1H3;2H,1H3,(H,3,4,5);1H3;/q;;;;;;;-1;. The van der Waals surface area contributed by atoms with Crippen molar-refractivity contribution in [1.29, 1.82) is 0 Å². The van der Waals surface area contributed by atoms with Gasteiger partial charge in [-0.1, -0.05) is 152 Å². The number of nitrogens with zero attached hydrogens (tertiary/aromatic N) is 7. The molecule has 12 rings (SSSR count). The Labute approximate surface area is 587 Å². The van der Waals surface area contributed by atoms with Crippen LogP contribution in [0.25, 0.3) is 43.6 Å². The van der Waals surface area contributed by atoms with E-state index < -0.39 is 61.0 Å². The van der Waals surface area contributed by atoms with Crippen molar-refractivity contribution < 1.29 is 83.5 Å². The molecule has 4 aromatic heterocycles.